The summed E-state index contributed by atoms with van der Waals surface area (Å²) < 4.78 is 52.1. The highest BCUT2D eigenvalue weighted by atomic mass is 32.2. The Kier molecular flexibility index (Phi) is 9.51. The van der Waals surface area contributed by atoms with Crippen LogP contribution in [-0.4, -0.2) is 51.5 Å². The molecular weight excluding hydrogens is 464 g/mol. The minimum absolute atomic E-state index is 0.320. The number of nitrogens with two attached hydrogens (primary N) is 1. The highest BCUT2D eigenvalue weighted by Crippen LogP contribution is 2.52. The maximum absolute atomic E-state index is 13.9. The molecule has 2 rings (SSSR count). The number of nitrogens with one attached hydrogen (secondary N) is 3. The van der Waals surface area contributed by atoms with Crippen LogP contribution in [0.3, 0.4) is 0 Å². The molecular formula is C23H31F2N5O3S. The van der Waals surface area contributed by atoms with Gasteiger partial charge < -0.3 is 16.4 Å². The SMILES string of the molecule is C=C/C=C(\CCCNC(N)=O)C1=NC(NC)C=C(C2(S(=O)(=O)/C(C=C)=C/C(F)=C\CF)CC2)N1. The first-order valence-corrected chi connectivity index (χ1v) is 12.2. The molecule has 1 fully saturated rings. The average Bonchev–Trinajstić information content (AvgIpc) is 3.62. The van der Waals surface area contributed by atoms with Crippen LogP contribution in [0.5, 0.6) is 0 Å². The number of sulfone groups is 1. The molecule has 0 aromatic heterocycles. The standard InChI is InChI=1S/C23H31F2N5O3S/c1-4-7-16(8-6-13-28-22(26)31)21-29-19(15-20(27-3)30-21)23(10-11-23)34(32,33)18(5-2)14-17(25)9-12-24/h4-5,7,9,14-15,20,27H,1-2,6,8,10-13H2,3H3,(H,29,30)(H3,26,28,31)/b16-7+,17-9+,18-14+. The number of likely N-dealkylation sites (N-methyl/N-ethyl adjacent to an activating group) is 1. The predicted molar refractivity (Wildman–Crippen MR) is 131 cm³/mol. The van der Waals surface area contributed by atoms with E-state index in [1.165, 1.54) is 0 Å². The van der Waals surface area contributed by atoms with Gasteiger partial charge >= 0.3 is 6.03 Å². The summed E-state index contributed by atoms with van der Waals surface area (Å²) in [4.78, 5) is 15.2. The van der Waals surface area contributed by atoms with E-state index in [0.29, 0.717) is 49.8 Å². The van der Waals surface area contributed by atoms with Gasteiger partial charge in [-0.3, -0.25) is 5.32 Å². The number of rotatable bonds is 13. The van der Waals surface area contributed by atoms with E-state index in [0.717, 1.165) is 17.7 Å². The average molecular weight is 496 g/mol. The van der Waals surface area contributed by atoms with Crippen molar-refractivity contribution in [2.45, 2.75) is 36.6 Å². The van der Waals surface area contributed by atoms with Gasteiger partial charge in [0.1, 0.15) is 29.2 Å². The molecule has 5 N–H and O–H groups in total. The van der Waals surface area contributed by atoms with Gasteiger partial charge in [-0.1, -0.05) is 31.4 Å². The lowest BCUT2D eigenvalue weighted by Crippen LogP contribution is -2.43. The lowest BCUT2D eigenvalue weighted by atomic mass is 10.1. The summed E-state index contributed by atoms with van der Waals surface area (Å²) >= 11 is 0. The van der Waals surface area contributed by atoms with Gasteiger partial charge in [0, 0.05) is 12.2 Å². The lowest BCUT2D eigenvalue weighted by molar-refractivity contribution is 0.249. The number of nitrogens with zero attached hydrogens (tertiary/aromatic N) is 1. The van der Waals surface area contributed by atoms with Crippen LogP contribution < -0.4 is 21.7 Å². The van der Waals surface area contributed by atoms with E-state index in [4.69, 9.17) is 5.73 Å². The fourth-order valence-electron chi connectivity index (χ4n) is 3.56. The molecule has 0 saturated heterocycles. The molecule has 2 amide bonds. The second kappa shape index (κ2) is 11.9. The molecule has 1 unspecified atom stereocenters. The smallest absolute Gasteiger partial charge is 0.312 e. The number of halogens is 2. The van der Waals surface area contributed by atoms with Crippen molar-refractivity contribution in [3.05, 3.63) is 71.6 Å². The molecule has 8 nitrogen and oxygen atoms in total. The first-order chi connectivity index (χ1) is 16.1. The van der Waals surface area contributed by atoms with Crippen molar-refractivity contribution < 1.29 is 22.0 Å². The zero-order valence-electron chi connectivity index (χ0n) is 19.1. The third-order valence-corrected chi connectivity index (χ3v) is 8.02. The van der Waals surface area contributed by atoms with Gasteiger partial charge in [0.25, 0.3) is 0 Å². The maximum atomic E-state index is 13.9. The zero-order valence-corrected chi connectivity index (χ0v) is 19.9. The Morgan fingerprint density at radius 2 is 2.12 bits per heavy atom. The molecule has 1 aliphatic carbocycles. The summed E-state index contributed by atoms with van der Waals surface area (Å²) in [5.74, 6) is -0.525. The van der Waals surface area contributed by atoms with Crippen LogP contribution in [0.4, 0.5) is 13.6 Å². The zero-order chi connectivity index (χ0) is 25.4. The molecule has 186 valence electrons. The summed E-state index contributed by atoms with van der Waals surface area (Å²) in [5, 5.41) is 8.69. The fraction of sp³-hybridized carbons (Fsp3) is 0.391. The van der Waals surface area contributed by atoms with E-state index in [1.807, 2.05) is 0 Å². The Morgan fingerprint density at radius 1 is 1.41 bits per heavy atom. The molecule has 1 saturated carbocycles. The van der Waals surface area contributed by atoms with Crippen LogP contribution in [0.15, 0.2) is 76.6 Å². The van der Waals surface area contributed by atoms with Gasteiger partial charge in [-0.25, -0.2) is 27.0 Å². The van der Waals surface area contributed by atoms with E-state index in [2.05, 4.69) is 34.1 Å². The van der Waals surface area contributed by atoms with Crippen LogP contribution in [0.1, 0.15) is 25.7 Å². The van der Waals surface area contributed by atoms with Crippen molar-refractivity contribution in [1.29, 1.82) is 0 Å². The van der Waals surface area contributed by atoms with Gasteiger partial charge in [0.05, 0.1) is 4.91 Å². The Morgan fingerprint density at radius 3 is 2.65 bits per heavy atom. The third kappa shape index (κ3) is 6.29. The molecule has 1 atom stereocenters. The summed E-state index contributed by atoms with van der Waals surface area (Å²) in [5.41, 5.74) is 6.28. The van der Waals surface area contributed by atoms with Crippen molar-refractivity contribution in [1.82, 2.24) is 16.0 Å². The van der Waals surface area contributed by atoms with Crippen molar-refractivity contribution in [2.24, 2.45) is 10.7 Å². The highest BCUT2D eigenvalue weighted by molar-refractivity contribution is 7.97. The largest absolute Gasteiger partial charge is 0.352 e. The number of carbonyl (C=O) groups is 1. The molecule has 0 radical (unpaired) electrons. The Bertz CT molecular complexity index is 1070. The van der Waals surface area contributed by atoms with E-state index in [1.54, 1.807) is 25.3 Å². The van der Waals surface area contributed by atoms with Crippen LogP contribution in [0.2, 0.25) is 0 Å². The Labute approximate surface area is 199 Å². The number of amidine groups is 1. The number of primary amides is 1. The summed E-state index contributed by atoms with van der Waals surface area (Å²) in [6.45, 7) is 6.54. The quantitative estimate of drug-likeness (QED) is 0.231. The molecule has 34 heavy (non-hydrogen) atoms. The molecule has 0 spiro atoms. The fourth-order valence-corrected chi connectivity index (χ4v) is 5.55. The number of hydrogen-bond acceptors (Lipinski definition) is 6. The van der Waals surface area contributed by atoms with Crippen molar-refractivity contribution in [3.63, 3.8) is 0 Å². The minimum atomic E-state index is -4.05. The first-order valence-electron chi connectivity index (χ1n) is 10.7. The number of amides is 2. The second-order valence-corrected chi connectivity index (χ2v) is 9.99. The topological polar surface area (TPSA) is 126 Å². The van der Waals surface area contributed by atoms with Crippen molar-refractivity contribution >= 4 is 21.7 Å². The monoisotopic (exact) mass is 495 g/mol. The molecule has 11 heteroatoms. The van der Waals surface area contributed by atoms with Crippen molar-refractivity contribution in [2.75, 3.05) is 20.3 Å². The van der Waals surface area contributed by atoms with Crippen LogP contribution in [-0.2, 0) is 9.84 Å². The molecule has 1 heterocycles. The molecule has 0 aromatic rings. The van der Waals surface area contributed by atoms with E-state index >= 15 is 0 Å². The van der Waals surface area contributed by atoms with E-state index in [-0.39, 0.29) is 4.91 Å². The number of carbonyl (C=O) groups excluding carboxylic acids is 1. The predicted octanol–water partition coefficient (Wildman–Crippen LogP) is 2.82. The van der Waals surface area contributed by atoms with E-state index in [9.17, 15) is 22.0 Å². The van der Waals surface area contributed by atoms with Gasteiger partial charge in [-0.15, -0.1) is 0 Å². The lowest BCUT2D eigenvalue weighted by Gasteiger charge is -2.29. The van der Waals surface area contributed by atoms with Crippen LogP contribution in [0, 0.1) is 0 Å². The maximum Gasteiger partial charge on any atom is 0.312 e. The van der Waals surface area contributed by atoms with Gasteiger partial charge in [0.2, 0.25) is 0 Å². The van der Waals surface area contributed by atoms with Crippen LogP contribution >= 0.6 is 0 Å². The second-order valence-electron chi connectivity index (χ2n) is 7.73. The minimum Gasteiger partial charge on any atom is -0.352 e. The molecule has 0 aromatic carbocycles. The number of urea groups is 1. The van der Waals surface area contributed by atoms with E-state index < -0.39 is 39.3 Å². The van der Waals surface area contributed by atoms with Crippen LogP contribution in [0.25, 0.3) is 0 Å². The first kappa shape index (κ1) is 27.2. The van der Waals surface area contributed by atoms with Crippen molar-refractivity contribution in [3.8, 4) is 0 Å². The Hall–Kier alpha value is -3.05. The summed E-state index contributed by atoms with van der Waals surface area (Å²) in [6.07, 6.45) is 8.74. The molecule has 2 aliphatic rings. The van der Waals surface area contributed by atoms with Gasteiger partial charge in [-0.2, -0.15) is 0 Å². The van der Waals surface area contributed by atoms with Gasteiger partial charge in [0.15, 0.2) is 9.84 Å². The normalized spacial score (nSPS) is 20.6. The summed E-state index contributed by atoms with van der Waals surface area (Å²) in [7, 11) is -2.36. The third-order valence-electron chi connectivity index (χ3n) is 5.46. The summed E-state index contributed by atoms with van der Waals surface area (Å²) in [6, 6.07) is -0.618. The highest BCUT2D eigenvalue weighted by Gasteiger charge is 2.59. The Balaban J connectivity index is 2.36. The molecule has 0 bridgehead atoms. The molecule has 1 aliphatic heterocycles. The number of allylic oxidation sites excluding steroid dienone is 6. The number of alkyl halides is 1. The number of aliphatic imine (C=N–C) groups is 1. The number of hydrogen-bond donors (Lipinski definition) is 4. The van der Waals surface area contributed by atoms with Gasteiger partial charge in [-0.05, 0) is 56.5 Å².